The molecule has 0 spiro atoms. The Morgan fingerprint density at radius 2 is 1.80 bits per heavy atom. The monoisotopic (exact) mass is 339 g/mol. The fraction of sp³-hybridized carbons (Fsp3) is 0.476. The van der Waals surface area contributed by atoms with Gasteiger partial charge in [-0.3, -0.25) is 4.90 Å². The van der Waals surface area contributed by atoms with Gasteiger partial charge in [0.25, 0.3) is 0 Å². The number of hydrogen-bond acceptors (Lipinski definition) is 4. The molecule has 0 aliphatic carbocycles. The van der Waals surface area contributed by atoms with Gasteiger partial charge in [-0.15, -0.1) is 0 Å². The standard InChI is InChI=1S/C21H29N3O/c1-23(2)21-9-8-18(15-22-21)16-24-12-10-19(11-13-24)20(25)14-17-6-4-3-5-7-17/h3-9,15,19-20,25H,10-14,16H2,1-2H3/t20-/m0/s1. The second kappa shape index (κ2) is 8.45. The highest BCUT2D eigenvalue weighted by Gasteiger charge is 2.25. The van der Waals surface area contributed by atoms with E-state index in [4.69, 9.17) is 0 Å². The molecule has 1 aromatic carbocycles. The van der Waals surface area contributed by atoms with Crippen LogP contribution in [0.25, 0.3) is 0 Å². The number of aliphatic hydroxyl groups is 1. The van der Waals surface area contributed by atoms with Gasteiger partial charge in [0, 0.05) is 26.8 Å². The zero-order valence-corrected chi connectivity index (χ0v) is 15.3. The van der Waals surface area contributed by atoms with Gasteiger partial charge in [0.15, 0.2) is 0 Å². The molecule has 0 bridgehead atoms. The lowest BCUT2D eigenvalue weighted by atomic mass is 9.88. The molecule has 1 aliphatic rings. The number of anilines is 1. The van der Waals surface area contributed by atoms with Crippen LogP contribution >= 0.6 is 0 Å². The summed E-state index contributed by atoms with van der Waals surface area (Å²) in [7, 11) is 4.01. The van der Waals surface area contributed by atoms with Crippen LogP contribution in [-0.2, 0) is 13.0 Å². The molecule has 1 atom stereocenters. The number of aliphatic hydroxyl groups excluding tert-OH is 1. The first-order chi connectivity index (χ1) is 12.1. The van der Waals surface area contributed by atoms with Crippen molar-refractivity contribution in [1.82, 2.24) is 9.88 Å². The predicted octanol–water partition coefficient (Wildman–Crippen LogP) is 2.96. The van der Waals surface area contributed by atoms with E-state index in [2.05, 4.69) is 34.1 Å². The molecule has 1 fully saturated rings. The Morgan fingerprint density at radius 3 is 2.40 bits per heavy atom. The number of nitrogens with zero attached hydrogens (tertiary/aromatic N) is 3. The average molecular weight is 339 g/mol. The van der Waals surface area contributed by atoms with Crippen LogP contribution in [-0.4, -0.2) is 48.3 Å². The van der Waals surface area contributed by atoms with Gasteiger partial charge in [-0.1, -0.05) is 36.4 Å². The van der Waals surface area contributed by atoms with Crippen molar-refractivity contribution >= 4 is 5.82 Å². The molecular formula is C21H29N3O. The molecule has 3 rings (SSSR count). The van der Waals surface area contributed by atoms with Crippen LogP contribution in [0.2, 0.25) is 0 Å². The van der Waals surface area contributed by atoms with Gasteiger partial charge in [0.05, 0.1) is 6.10 Å². The molecule has 0 amide bonds. The summed E-state index contributed by atoms with van der Waals surface area (Å²) in [6, 6.07) is 14.5. The first kappa shape index (κ1) is 17.9. The summed E-state index contributed by atoms with van der Waals surface area (Å²) in [5.41, 5.74) is 2.48. The van der Waals surface area contributed by atoms with Gasteiger partial charge < -0.3 is 10.0 Å². The molecular weight excluding hydrogens is 310 g/mol. The highest BCUT2D eigenvalue weighted by molar-refractivity contribution is 5.37. The van der Waals surface area contributed by atoms with Crippen LogP contribution in [0.15, 0.2) is 48.7 Å². The third kappa shape index (κ3) is 5.03. The Balaban J connectivity index is 1.46. The van der Waals surface area contributed by atoms with Crippen molar-refractivity contribution in [2.24, 2.45) is 5.92 Å². The maximum Gasteiger partial charge on any atom is 0.127 e. The minimum absolute atomic E-state index is 0.231. The molecule has 1 saturated heterocycles. The fourth-order valence-electron chi connectivity index (χ4n) is 3.55. The molecule has 25 heavy (non-hydrogen) atoms. The number of hydrogen-bond donors (Lipinski definition) is 1. The van der Waals surface area contributed by atoms with Crippen molar-refractivity contribution in [3.63, 3.8) is 0 Å². The summed E-state index contributed by atoms with van der Waals surface area (Å²) in [5.74, 6) is 1.40. The highest BCUT2D eigenvalue weighted by Crippen LogP contribution is 2.24. The molecule has 4 nitrogen and oxygen atoms in total. The second-order valence-electron chi connectivity index (χ2n) is 7.29. The number of piperidine rings is 1. The predicted molar refractivity (Wildman–Crippen MR) is 103 cm³/mol. The van der Waals surface area contributed by atoms with E-state index in [1.807, 2.05) is 43.4 Å². The lowest BCUT2D eigenvalue weighted by Crippen LogP contribution is -2.38. The van der Waals surface area contributed by atoms with E-state index in [9.17, 15) is 5.11 Å². The zero-order valence-electron chi connectivity index (χ0n) is 15.3. The summed E-state index contributed by atoms with van der Waals surface area (Å²) < 4.78 is 0. The van der Waals surface area contributed by atoms with E-state index in [0.717, 1.165) is 44.7 Å². The van der Waals surface area contributed by atoms with Crippen molar-refractivity contribution in [2.75, 3.05) is 32.1 Å². The minimum Gasteiger partial charge on any atom is -0.392 e. The normalized spacial score (nSPS) is 17.4. The maximum absolute atomic E-state index is 10.6. The Kier molecular flexibility index (Phi) is 6.05. The topological polar surface area (TPSA) is 39.6 Å². The Hall–Kier alpha value is -1.91. The van der Waals surface area contributed by atoms with Crippen LogP contribution in [0.4, 0.5) is 5.82 Å². The van der Waals surface area contributed by atoms with E-state index in [1.165, 1.54) is 11.1 Å². The van der Waals surface area contributed by atoms with Gasteiger partial charge in [-0.25, -0.2) is 4.98 Å². The van der Waals surface area contributed by atoms with Crippen LogP contribution in [0, 0.1) is 5.92 Å². The number of pyridine rings is 1. The Labute approximate surface area is 151 Å². The first-order valence-electron chi connectivity index (χ1n) is 9.18. The highest BCUT2D eigenvalue weighted by atomic mass is 16.3. The summed E-state index contributed by atoms with van der Waals surface area (Å²) in [5, 5.41) is 10.6. The molecule has 134 valence electrons. The third-order valence-electron chi connectivity index (χ3n) is 5.14. The SMILES string of the molecule is CN(C)c1ccc(CN2CCC([C@@H](O)Cc3ccccc3)CC2)cn1. The number of aromatic nitrogens is 1. The molecule has 2 heterocycles. The van der Waals surface area contributed by atoms with Crippen LogP contribution < -0.4 is 4.90 Å². The largest absolute Gasteiger partial charge is 0.392 e. The molecule has 1 N–H and O–H groups in total. The first-order valence-corrected chi connectivity index (χ1v) is 9.18. The summed E-state index contributed by atoms with van der Waals surface area (Å²) in [6.45, 7) is 3.04. The summed E-state index contributed by atoms with van der Waals surface area (Å²) in [6.07, 6.45) is 4.65. The number of benzene rings is 1. The molecule has 0 saturated carbocycles. The van der Waals surface area contributed by atoms with E-state index < -0.39 is 0 Å². The average Bonchev–Trinajstić information content (AvgIpc) is 2.63. The molecule has 1 aliphatic heterocycles. The summed E-state index contributed by atoms with van der Waals surface area (Å²) >= 11 is 0. The van der Waals surface area contributed by atoms with E-state index in [0.29, 0.717) is 5.92 Å². The lowest BCUT2D eigenvalue weighted by molar-refractivity contribution is 0.0576. The van der Waals surface area contributed by atoms with Crippen molar-refractivity contribution in [3.8, 4) is 0 Å². The smallest absolute Gasteiger partial charge is 0.127 e. The van der Waals surface area contributed by atoms with Crippen LogP contribution in [0.1, 0.15) is 24.0 Å². The molecule has 2 aromatic rings. The number of rotatable bonds is 6. The molecule has 0 unspecified atom stereocenters. The Morgan fingerprint density at radius 1 is 1.08 bits per heavy atom. The Bertz CT molecular complexity index is 634. The van der Waals surface area contributed by atoms with Gasteiger partial charge in [-0.2, -0.15) is 0 Å². The third-order valence-corrected chi connectivity index (χ3v) is 5.14. The van der Waals surface area contributed by atoms with Crippen molar-refractivity contribution in [1.29, 1.82) is 0 Å². The van der Waals surface area contributed by atoms with Gasteiger partial charge in [0.1, 0.15) is 5.82 Å². The lowest BCUT2D eigenvalue weighted by Gasteiger charge is -2.34. The number of likely N-dealkylation sites (tertiary alicyclic amines) is 1. The van der Waals surface area contributed by atoms with Gasteiger partial charge in [0.2, 0.25) is 0 Å². The van der Waals surface area contributed by atoms with E-state index >= 15 is 0 Å². The minimum atomic E-state index is -0.231. The fourth-order valence-corrected chi connectivity index (χ4v) is 3.55. The maximum atomic E-state index is 10.6. The van der Waals surface area contributed by atoms with Crippen molar-refractivity contribution < 1.29 is 5.11 Å². The molecule has 1 aromatic heterocycles. The van der Waals surface area contributed by atoms with Crippen molar-refractivity contribution in [3.05, 3.63) is 59.8 Å². The van der Waals surface area contributed by atoms with Crippen LogP contribution in [0.5, 0.6) is 0 Å². The summed E-state index contributed by atoms with van der Waals surface area (Å²) in [4.78, 5) is 8.98. The van der Waals surface area contributed by atoms with E-state index in [1.54, 1.807) is 0 Å². The van der Waals surface area contributed by atoms with Crippen molar-refractivity contribution in [2.45, 2.75) is 31.9 Å². The van der Waals surface area contributed by atoms with Gasteiger partial charge in [-0.05, 0) is 55.5 Å². The second-order valence-corrected chi connectivity index (χ2v) is 7.29. The van der Waals surface area contributed by atoms with Crippen LogP contribution in [0.3, 0.4) is 0 Å². The molecule has 4 heteroatoms. The quantitative estimate of drug-likeness (QED) is 0.878. The molecule has 0 radical (unpaired) electrons. The zero-order chi connectivity index (χ0) is 17.6. The van der Waals surface area contributed by atoms with E-state index in [-0.39, 0.29) is 6.10 Å². The van der Waals surface area contributed by atoms with Gasteiger partial charge >= 0.3 is 0 Å².